The first-order valence-corrected chi connectivity index (χ1v) is 6.91. The van der Waals surface area contributed by atoms with Gasteiger partial charge in [0, 0.05) is 30.0 Å². The summed E-state index contributed by atoms with van der Waals surface area (Å²) in [5, 5.41) is 13.4. The number of nitrogens with zero attached hydrogens (tertiary/aromatic N) is 2. The lowest BCUT2D eigenvalue weighted by atomic mass is 9.93. The van der Waals surface area contributed by atoms with Gasteiger partial charge in [-0.05, 0) is 37.8 Å². The summed E-state index contributed by atoms with van der Waals surface area (Å²) in [4.78, 5) is 20.7. The monoisotopic (exact) mass is 271 g/mol. The van der Waals surface area contributed by atoms with Crippen LogP contribution in [0.3, 0.4) is 0 Å². The molecule has 2 aromatic rings. The third kappa shape index (κ3) is 2.63. The molecule has 1 aliphatic rings. The first kappa shape index (κ1) is 13.0. The lowest BCUT2D eigenvalue weighted by molar-refractivity contribution is 0.0868. The summed E-state index contributed by atoms with van der Waals surface area (Å²) in [6.07, 6.45) is 7.85. The zero-order chi connectivity index (χ0) is 13.9. The van der Waals surface area contributed by atoms with Gasteiger partial charge in [-0.1, -0.05) is 0 Å². The highest BCUT2D eigenvalue weighted by Crippen LogP contribution is 2.20. The van der Waals surface area contributed by atoms with Crippen molar-refractivity contribution in [2.75, 3.05) is 0 Å². The molecule has 0 atom stereocenters. The van der Waals surface area contributed by atoms with Gasteiger partial charge < -0.3 is 10.4 Å². The van der Waals surface area contributed by atoms with Crippen molar-refractivity contribution in [2.45, 2.75) is 37.8 Å². The number of aromatic nitrogens is 2. The van der Waals surface area contributed by atoms with E-state index >= 15 is 0 Å². The predicted octanol–water partition coefficient (Wildman–Crippen LogP) is 1.66. The zero-order valence-electron chi connectivity index (χ0n) is 11.1. The molecule has 5 nitrogen and oxygen atoms in total. The van der Waals surface area contributed by atoms with Crippen LogP contribution in [0.4, 0.5) is 0 Å². The minimum atomic E-state index is -0.218. The number of amides is 1. The Bertz CT molecular complexity index is 616. The van der Waals surface area contributed by atoms with Gasteiger partial charge in [0.25, 0.3) is 5.91 Å². The topological polar surface area (TPSA) is 75.1 Å². The van der Waals surface area contributed by atoms with Gasteiger partial charge in [0.2, 0.25) is 0 Å². The van der Waals surface area contributed by atoms with Gasteiger partial charge >= 0.3 is 0 Å². The van der Waals surface area contributed by atoms with E-state index in [1.165, 1.54) is 0 Å². The van der Waals surface area contributed by atoms with Gasteiger partial charge in [-0.3, -0.25) is 14.8 Å². The molecule has 2 heterocycles. The lowest BCUT2D eigenvalue weighted by Gasteiger charge is -2.26. The summed E-state index contributed by atoms with van der Waals surface area (Å²) in [5.74, 6) is -0.136. The number of pyridine rings is 2. The molecule has 0 aliphatic heterocycles. The molecule has 104 valence electrons. The van der Waals surface area contributed by atoms with Crippen molar-refractivity contribution in [3.8, 4) is 0 Å². The molecule has 5 heteroatoms. The van der Waals surface area contributed by atoms with Gasteiger partial charge in [0.05, 0.1) is 17.2 Å². The molecule has 1 amide bonds. The summed E-state index contributed by atoms with van der Waals surface area (Å²) < 4.78 is 0. The number of hydrogen-bond acceptors (Lipinski definition) is 4. The van der Waals surface area contributed by atoms with Crippen LogP contribution in [0.1, 0.15) is 36.0 Å². The van der Waals surface area contributed by atoms with E-state index < -0.39 is 0 Å². The van der Waals surface area contributed by atoms with Gasteiger partial charge in [-0.15, -0.1) is 0 Å². The lowest BCUT2D eigenvalue weighted by Crippen LogP contribution is -2.38. The summed E-state index contributed by atoms with van der Waals surface area (Å²) in [7, 11) is 0. The zero-order valence-corrected chi connectivity index (χ0v) is 11.1. The van der Waals surface area contributed by atoms with Gasteiger partial charge in [-0.25, -0.2) is 0 Å². The Balaban J connectivity index is 1.79. The molecule has 0 saturated heterocycles. The number of nitrogens with one attached hydrogen (secondary N) is 1. The molecule has 1 saturated carbocycles. The third-order valence-corrected chi connectivity index (χ3v) is 3.79. The van der Waals surface area contributed by atoms with E-state index in [1.807, 2.05) is 12.1 Å². The molecule has 1 aliphatic carbocycles. The molecule has 0 bridgehead atoms. The average Bonchev–Trinajstić information content (AvgIpc) is 2.49. The van der Waals surface area contributed by atoms with Crippen molar-refractivity contribution in [2.24, 2.45) is 0 Å². The van der Waals surface area contributed by atoms with Gasteiger partial charge in [0.15, 0.2) is 0 Å². The van der Waals surface area contributed by atoms with E-state index in [2.05, 4.69) is 15.3 Å². The smallest absolute Gasteiger partial charge is 0.255 e. The van der Waals surface area contributed by atoms with Crippen molar-refractivity contribution in [3.63, 3.8) is 0 Å². The summed E-state index contributed by atoms with van der Waals surface area (Å²) in [6, 6.07) is 3.85. The molecular weight excluding hydrogens is 254 g/mol. The molecular formula is C15H17N3O2. The fourth-order valence-electron chi connectivity index (χ4n) is 2.65. The maximum atomic E-state index is 12.4. The van der Waals surface area contributed by atoms with Crippen LogP contribution in [0.2, 0.25) is 0 Å². The first-order chi connectivity index (χ1) is 9.74. The standard InChI is InChI=1S/C15H17N3O2/c19-12-5-3-11(4-6-12)18-15(20)13-9-16-8-10-2-1-7-17-14(10)13/h1-2,7-9,11-12,19H,3-6H2,(H,18,20). The molecule has 3 rings (SSSR count). The van der Waals surface area contributed by atoms with Crippen LogP contribution < -0.4 is 5.32 Å². The molecule has 1 fully saturated rings. The second kappa shape index (κ2) is 5.54. The van der Waals surface area contributed by atoms with E-state index in [0.29, 0.717) is 11.1 Å². The molecule has 0 unspecified atom stereocenters. The second-order valence-electron chi connectivity index (χ2n) is 5.24. The number of carbonyl (C=O) groups is 1. The highest BCUT2D eigenvalue weighted by molar-refractivity contribution is 6.04. The number of aliphatic hydroxyl groups excluding tert-OH is 1. The summed E-state index contributed by atoms with van der Waals surface area (Å²) >= 11 is 0. The van der Waals surface area contributed by atoms with Crippen molar-refractivity contribution in [1.29, 1.82) is 0 Å². The first-order valence-electron chi connectivity index (χ1n) is 6.91. The average molecular weight is 271 g/mol. The number of hydrogen-bond donors (Lipinski definition) is 2. The van der Waals surface area contributed by atoms with Crippen molar-refractivity contribution in [3.05, 3.63) is 36.3 Å². The Kier molecular flexibility index (Phi) is 3.60. The second-order valence-corrected chi connectivity index (χ2v) is 5.24. The summed E-state index contributed by atoms with van der Waals surface area (Å²) in [6.45, 7) is 0. The van der Waals surface area contributed by atoms with E-state index in [0.717, 1.165) is 31.1 Å². The van der Waals surface area contributed by atoms with E-state index in [-0.39, 0.29) is 18.1 Å². The van der Waals surface area contributed by atoms with Crippen LogP contribution in [-0.2, 0) is 0 Å². The fourth-order valence-corrected chi connectivity index (χ4v) is 2.65. The minimum absolute atomic E-state index is 0.130. The maximum absolute atomic E-state index is 12.4. The molecule has 0 radical (unpaired) electrons. The van der Waals surface area contributed by atoms with Gasteiger partial charge in [0.1, 0.15) is 0 Å². The highest BCUT2D eigenvalue weighted by Gasteiger charge is 2.22. The SMILES string of the molecule is O=C(NC1CCC(O)CC1)c1cncc2cccnc12. The van der Waals surface area contributed by atoms with Crippen LogP contribution >= 0.6 is 0 Å². The quantitative estimate of drug-likeness (QED) is 0.871. The summed E-state index contributed by atoms with van der Waals surface area (Å²) in [5.41, 5.74) is 1.19. The van der Waals surface area contributed by atoms with Gasteiger partial charge in [-0.2, -0.15) is 0 Å². The Labute approximate surface area is 117 Å². The van der Waals surface area contributed by atoms with Crippen LogP contribution in [0.5, 0.6) is 0 Å². The minimum Gasteiger partial charge on any atom is -0.393 e. The van der Waals surface area contributed by atoms with E-state index in [9.17, 15) is 9.90 Å². The van der Waals surface area contributed by atoms with Crippen LogP contribution in [0, 0.1) is 0 Å². The Morgan fingerprint density at radius 1 is 1.25 bits per heavy atom. The Morgan fingerprint density at radius 2 is 2.05 bits per heavy atom. The normalized spacial score (nSPS) is 22.6. The van der Waals surface area contributed by atoms with Crippen molar-refractivity contribution < 1.29 is 9.90 Å². The predicted molar refractivity (Wildman–Crippen MR) is 75.3 cm³/mol. The maximum Gasteiger partial charge on any atom is 0.255 e. The van der Waals surface area contributed by atoms with Crippen molar-refractivity contribution in [1.82, 2.24) is 15.3 Å². The Hall–Kier alpha value is -2.01. The largest absolute Gasteiger partial charge is 0.393 e. The Morgan fingerprint density at radius 3 is 2.85 bits per heavy atom. The number of fused-ring (bicyclic) bond motifs is 1. The molecule has 0 spiro atoms. The van der Waals surface area contributed by atoms with E-state index in [4.69, 9.17) is 0 Å². The molecule has 2 N–H and O–H groups in total. The highest BCUT2D eigenvalue weighted by atomic mass is 16.3. The number of rotatable bonds is 2. The molecule has 0 aromatic carbocycles. The van der Waals surface area contributed by atoms with Crippen LogP contribution in [0.25, 0.3) is 10.9 Å². The number of carbonyl (C=O) groups excluding carboxylic acids is 1. The van der Waals surface area contributed by atoms with Crippen molar-refractivity contribution >= 4 is 16.8 Å². The van der Waals surface area contributed by atoms with Crippen LogP contribution in [-0.4, -0.2) is 33.1 Å². The number of aliphatic hydroxyl groups is 1. The van der Waals surface area contributed by atoms with E-state index in [1.54, 1.807) is 18.6 Å². The molecule has 20 heavy (non-hydrogen) atoms. The third-order valence-electron chi connectivity index (χ3n) is 3.79. The fraction of sp³-hybridized carbons (Fsp3) is 0.400. The molecule has 2 aromatic heterocycles. The van der Waals surface area contributed by atoms with Crippen LogP contribution in [0.15, 0.2) is 30.7 Å².